The van der Waals surface area contributed by atoms with Gasteiger partial charge >= 0.3 is 0 Å². The van der Waals surface area contributed by atoms with Crippen LogP contribution in [0.15, 0.2) is 36.4 Å². The van der Waals surface area contributed by atoms with Crippen LogP contribution in [0.3, 0.4) is 0 Å². The summed E-state index contributed by atoms with van der Waals surface area (Å²) in [4.78, 5) is 10.2. The molecular formula is C16H17FN2O2. The van der Waals surface area contributed by atoms with Crippen LogP contribution in [-0.4, -0.2) is 4.92 Å². The molecule has 2 rings (SSSR count). The molecule has 0 bridgehead atoms. The average Bonchev–Trinajstić information content (AvgIpc) is 2.40. The molecule has 110 valence electrons. The predicted molar refractivity (Wildman–Crippen MR) is 81.0 cm³/mol. The van der Waals surface area contributed by atoms with Gasteiger partial charge in [0.05, 0.1) is 10.6 Å². The highest BCUT2D eigenvalue weighted by Gasteiger charge is 2.14. The summed E-state index contributed by atoms with van der Waals surface area (Å²) >= 11 is 0. The Kier molecular flexibility index (Phi) is 4.21. The SMILES string of the molecule is Cc1ccc(C(C)Nc2cc([N+](=O)[O-])ccc2F)c(C)c1. The quantitative estimate of drug-likeness (QED) is 0.664. The van der Waals surface area contributed by atoms with Crippen molar-refractivity contribution in [3.63, 3.8) is 0 Å². The van der Waals surface area contributed by atoms with Gasteiger partial charge in [0.15, 0.2) is 0 Å². The molecule has 0 aliphatic rings. The molecule has 0 spiro atoms. The molecule has 2 aromatic rings. The minimum Gasteiger partial charge on any atom is -0.376 e. The minimum absolute atomic E-state index is 0.133. The minimum atomic E-state index is -0.535. The maximum absolute atomic E-state index is 13.8. The number of non-ortho nitro benzene ring substituents is 1. The standard InChI is InChI=1S/C16H17FN2O2/c1-10-4-6-14(11(2)8-10)12(3)18-16-9-13(19(20)21)5-7-15(16)17/h4-9,12,18H,1-3H3. The Hall–Kier alpha value is -2.43. The van der Waals surface area contributed by atoms with E-state index in [1.807, 2.05) is 32.9 Å². The van der Waals surface area contributed by atoms with Gasteiger partial charge in [-0.1, -0.05) is 23.8 Å². The molecule has 0 aliphatic carbocycles. The van der Waals surface area contributed by atoms with Crippen molar-refractivity contribution in [2.75, 3.05) is 5.32 Å². The van der Waals surface area contributed by atoms with Crippen LogP contribution in [0.5, 0.6) is 0 Å². The highest BCUT2D eigenvalue weighted by molar-refractivity contribution is 5.54. The number of aryl methyl sites for hydroxylation is 2. The number of hydrogen-bond donors (Lipinski definition) is 1. The fourth-order valence-corrected chi connectivity index (χ4v) is 2.36. The Balaban J connectivity index is 2.28. The maximum atomic E-state index is 13.8. The van der Waals surface area contributed by atoms with Gasteiger partial charge in [0.2, 0.25) is 0 Å². The van der Waals surface area contributed by atoms with Gasteiger partial charge < -0.3 is 5.32 Å². The van der Waals surface area contributed by atoms with Crippen molar-refractivity contribution in [2.24, 2.45) is 0 Å². The second kappa shape index (κ2) is 5.91. The molecule has 0 heterocycles. The first-order valence-electron chi connectivity index (χ1n) is 6.66. The third-order valence-corrected chi connectivity index (χ3v) is 3.42. The zero-order valence-corrected chi connectivity index (χ0v) is 12.2. The molecule has 21 heavy (non-hydrogen) atoms. The number of nitrogens with one attached hydrogen (secondary N) is 1. The normalized spacial score (nSPS) is 12.0. The van der Waals surface area contributed by atoms with Crippen LogP contribution in [0.1, 0.15) is 29.7 Å². The number of nitro groups is 1. The highest BCUT2D eigenvalue weighted by Crippen LogP contribution is 2.27. The van der Waals surface area contributed by atoms with Gasteiger partial charge in [-0.2, -0.15) is 0 Å². The fourth-order valence-electron chi connectivity index (χ4n) is 2.36. The van der Waals surface area contributed by atoms with E-state index in [2.05, 4.69) is 11.4 Å². The molecule has 5 heteroatoms. The van der Waals surface area contributed by atoms with Crippen molar-refractivity contribution in [3.05, 3.63) is 69.0 Å². The summed E-state index contributed by atoms with van der Waals surface area (Å²) in [6.07, 6.45) is 0. The molecular weight excluding hydrogens is 271 g/mol. The molecule has 0 amide bonds. The molecule has 1 atom stereocenters. The van der Waals surface area contributed by atoms with E-state index < -0.39 is 10.7 Å². The summed E-state index contributed by atoms with van der Waals surface area (Å²) in [5.74, 6) is -0.503. The van der Waals surface area contributed by atoms with Gasteiger partial charge in [-0.05, 0) is 38.0 Å². The zero-order valence-electron chi connectivity index (χ0n) is 12.2. The van der Waals surface area contributed by atoms with Crippen molar-refractivity contribution in [1.82, 2.24) is 0 Å². The molecule has 0 saturated carbocycles. The van der Waals surface area contributed by atoms with Crippen molar-refractivity contribution in [2.45, 2.75) is 26.8 Å². The number of halogens is 1. The van der Waals surface area contributed by atoms with Gasteiger partial charge in [-0.15, -0.1) is 0 Å². The van der Waals surface area contributed by atoms with Crippen LogP contribution in [0.2, 0.25) is 0 Å². The van der Waals surface area contributed by atoms with Crippen molar-refractivity contribution < 1.29 is 9.31 Å². The number of hydrogen-bond acceptors (Lipinski definition) is 3. The molecule has 4 nitrogen and oxygen atoms in total. The van der Waals surface area contributed by atoms with E-state index in [9.17, 15) is 14.5 Å². The van der Waals surface area contributed by atoms with Crippen LogP contribution in [0, 0.1) is 29.8 Å². The van der Waals surface area contributed by atoms with E-state index >= 15 is 0 Å². The largest absolute Gasteiger partial charge is 0.376 e. The van der Waals surface area contributed by atoms with E-state index in [1.165, 1.54) is 6.07 Å². The lowest BCUT2D eigenvalue weighted by atomic mass is 10.00. The molecule has 0 saturated heterocycles. The van der Waals surface area contributed by atoms with E-state index in [-0.39, 0.29) is 17.4 Å². The lowest BCUT2D eigenvalue weighted by Crippen LogP contribution is -2.10. The topological polar surface area (TPSA) is 55.2 Å². The van der Waals surface area contributed by atoms with Crippen LogP contribution < -0.4 is 5.32 Å². The van der Waals surface area contributed by atoms with Crippen LogP contribution >= 0.6 is 0 Å². The summed E-state index contributed by atoms with van der Waals surface area (Å²) < 4.78 is 13.8. The number of nitro benzene ring substituents is 1. The zero-order chi connectivity index (χ0) is 15.6. The third kappa shape index (κ3) is 3.37. The summed E-state index contributed by atoms with van der Waals surface area (Å²) in [6.45, 7) is 5.90. The molecule has 0 radical (unpaired) electrons. The highest BCUT2D eigenvalue weighted by atomic mass is 19.1. The molecule has 1 N–H and O–H groups in total. The molecule has 0 fully saturated rings. The monoisotopic (exact) mass is 288 g/mol. The lowest BCUT2D eigenvalue weighted by Gasteiger charge is -2.18. The number of nitrogens with zero attached hydrogens (tertiary/aromatic N) is 1. The summed E-state index contributed by atoms with van der Waals surface area (Å²) in [5.41, 5.74) is 3.29. The number of rotatable bonds is 4. The van der Waals surface area contributed by atoms with Gasteiger partial charge in [-0.25, -0.2) is 4.39 Å². The van der Waals surface area contributed by atoms with Crippen molar-refractivity contribution in [1.29, 1.82) is 0 Å². The summed E-state index contributed by atoms with van der Waals surface area (Å²) in [7, 11) is 0. The molecule has 0 aromatic heterocycles. The first kappa shape index (κ1) is 15.0. The third-order valence-electron chi connectivity index (χ3n) is 3.42. The van der Waals surface area contributed by atoms with Crippen molar-refractivity contribution in [3.8, 4) is 0 Å². The van der Waals surface area contributed by atoms with Gasteiger partial charge in [0.25, 0.3) is 5.69 Å². The first-order valence-corrected chi connectivity index (χ1v) is 6.66. The fraction of sp³-hybridized carbons (Fsp3) is 0.250. The summed E-state index contributed by atoms with van der Waals surface area (Å²) in [5, 5.41) is 13.8. The van der Waals surface area contributed by atoms with Gasteiger partial charge in [0, 0.05) is 18.2 Å². The van der Waals surface area contributed by atoms with Crippen molar-refractivity contribution >= 4 is 11.4 Å². The smallest absolute Gasteiger partial charge is 0.271 e. The Morgan fingerprint density at radius 3 is 2.52 bits per heavy atom. The molecule has 2 aromatic carbocycles. The van der Waals surface area contributed by atoms with Gasteiger partial charge in [-0.3, -0.25) is 10.1 Å². The van der Waals surface area contributed by atoms with Gasteiger partial charge in [0.1, 0.15) is 5.82 Å². The Morgan fingerprint density at radius 1 is 1.19 bits per heavy atom. The Bertz CT molecular complexity index is 686. The lowest BCUT2D eigenvalue weighted by molar-refractivity contribution is -0.384. The van der Waals surface area contributed by atoms with E-state index in [0.717, 1.165) is 28.8 Å². The van der Waals surface area contributed by atoms with E-state index in [0.29, 0.717) is 0 Å². The number of anilines is 1. The second-order valence-electron chi connectivity index (χ2n) is 5.15. The van der Waals surface area contributed by atoms with E-state index in [4.69, 9.17) is 0 Å². The summed E-state index contributed by atoms with van der Waals surface area (Å²) in [6, 6.07) is 9.36. The maximum Gasteiger partial charge on any atom is 0.271 e. The Labute approximate surface area is 122 Å². The van der Waals surface area contributed by atoms with E-state index in [1.54, 1.807) is 0 Å². The Morgan fingerprint density at radius 2 is 1.90 bits per heavy atom. The molecule has 1 unspecified atom stereocenters. The average molecular weight is 288 g/mol. The number of benzene rings is 2. The van der Waals surface area contributed by atoms with Crippen LogP contribution in [-0.2, 0) is 0 Å². The second-order valence-corrected chi connectivity index (χ2v) is 5.15. The van der Waals surface area contributed by atoms with Crippen LogP contribution in [0.4, 0.5) is 15.8 Å². The first-order chi connectivity index (χ1) is 9.88. The van der Waals surface area contributed by atoms with Crippen LogP contribution in [0.25, 0.3) is 0 Å². The molecule has 0 aliphatic heterocycles. The predicted octanol–water partition coefficient (Wildman–Crippen LogP) is 4.52.